The van der Waals surface area contributed by atoms with Crippen molar-refractivity contribution in [1.82, 2.24) is 43.6 Å². The average molecular weight is 1160 g/mol. The number of fused-ring (bicyclic) bond motifs is 2. The first kappa shape index (κ1) is 57.6. The van der Waals surface area contributed by atoms with Crippen LogP contribution in [-0.4, -0.2) is 169 Å². The smallest absolute Gasteiger partial charge is 0.490 e. The van der Waals surface area contributed by atoms with Gasteiger partial charge >= 0.3 is 34.7 Å². The van der Waals surface area contributed by atoms with E-state index in [1.807, 2.05) is 4.98 Å². The minimum absolute atomic E-state index is 0.0230. The second-order valence-corrected chi connectivity index (χ2v) is 23.7. The number of nitrogen functional groups attached to an aromatic ring is 1. The second-order valence-electron chi connectivity index (χ2n) is 17.2. The number of hydrogen-bond acceptors (Lipinski definition) is 27. The fraction of sp³-hybridized carbons (Fsp3) is 0.611. The molecule has 0 aromatic carbocycles. The van der Waals surface area contributed by atoms with Gasteiger partial charge in [-0.2, -0.15) is 18.2 Å². The van der Waals surface area contributed by atoms with Crippen LogP contribution in [0.5, 0.6) is 0 Å². The number of phosphoric ester groups is 2. The van der Waals surface area contributed by atoms with Crippen LogP contribution in [0.1, 0.15) is 32.0 Å². The van der Waals surface area contributed by atoms with E-state index in [1.54, 1.807) is 6.92 Å². The summed E-state index contributed by atoms with van der Waals surface area (Å²) in [6.45, 7) is -1.12. The van der Waals surface area contributed by atoms with E-state index in [-0.39, 0.29) is 47.1 Å². The summed E-state index contributed by atoms with van der Waals surface area (Å²) in [5.74, 6) is -0.922. The fourth-order valence-corrected chi connectivity index (χ4v) is 14.1. The quantitative estimate of drug-likeness (QED) is 0.0226. The van der Waals surface area contributed by atoms with E-state index in [0.29, 0.717) is 6.54 Å². The van der Waals surface area contributed by atoms with E-state index in [4.69, 9.17) is 43.0 Å². The van der Waals surface area contributed by atoms with Gasteiger partial charge in [0.1, 0.15) is 50.0 Å². The summed E-state index contributed by atoms with van der Waals surface area (Å²) in [5.41, 5.74) is 1.67. The number of aromatic amines is 2. The lowest BCUT2D eigenvalue weighted by Crippen LogP contribution is -2.40. The van der Waals surface area contributed by atoms with Gasteiger partial charge < -0.3 is 78.7 Å². The van der Waals surface area contributed by atoms with Crippen molar-refractivity contribution in [2.75, 3.05) is 58.2 Å². The maximum absolute atomic E-state index is 14.2. The van der Waals surface area contributed by atoms with Gasteiger partial charge in [-0.15, -0.1) is 0 Å². The molecule has 36 nitrogen and oxygen atoms in total. The Bertz CT molecular complexity index is 3300. The number of ether oxygens (including phenoxy) is 5. The van der Waals surface area contributed by atoms with E-state index >= 15 is 0 Å². The average Bonchev–Trinajstić information content (AvgIpc) is 4.18. The number of nitrogens with one attached hydrogen (secondary N) is 3. The summed E-state index contributed by atoms with van der Waals surface area (Å²) in [4.78, 5) is 104. The van der Waals surface area contributed by atoms with E-state index < -0.39 is 141 Å². The van der Waals surface area contributed by atoms with Crippen molar-refractivity contribution in [3.05, 3.63) is 62.4 Å². The van der Waals surface area contributed by atoms with Crippen LogP contribution in [0.3, 0.4) is 0 Å². The Balaban J connectivity index is 0.960. The molecule has 3 fully saturated rings. The monoisotopic (exact) mass is 1160 g/mol. The molecule has 76 heavy (non-hydrogen) atoms. The molecule has 0 aliphatic carbocycles. The number of hydrogen-bond donors (Lipinski definition) is 10. The fourth-order valence-electron chi connectivity index (χ4n) is 8.91. The minimum Gasteiger partial charge on any atom is -0.778 e. The highest BCUT2D eigenvalue weighted by Crippen LogP contribution is 2.68. The maximum Gasteiger partial charge on any atom is 0.490 e. The number of aromatic nitrogens is 10. The SMILES string of the molecule is CCNc1nc2c(c(=O)[nH]1)[n+](C)cn2[C@@H]1O[C@H](COP(=O)(O)OP(=O)(O)OP(=O)(O)OC[C@H]2O[C@@H](n3cnc4c(N)ncnc43)[C@H](OC)[C@@H]2P(=O)([O-])OC[C@H]2O[C@@H](n3ccc(=O)[nH]c3=O)[C@H](O)[C@@H]2O)[C@@H](CCOC)[C@H]1O. The molecule has 4 unspecified atom stereocenters. The Morgan fingerprint density at radius 2 is 1.46 bits per heavy atom. The number of aliphatic hydroxyl groups is 3. The molecule has 0 spiro atoms. The van der Waals surface area contributed by atoms with Crippen LogP contribution in [-0.2, 0) is 71.2 Å². The van der Waals surface area contributed by atoms with Gasteiger partial charge in [-0.25, -0.2) is 38.0 Å². The van der Waals surface area contributed by atoms with Gasteiger partial charge in [0.15, 0.2) is 23.9 Å². The summed E-state index contributed by atoms with van der Waals surface area (Å²) >= 11 is 0. The van der Waals surface area contributed by atoms with Gasteiger partial charge in [0.05, 0.1) is 51.1 Å². The topological polar surface area (TPSA) is 496 Å². The van der Waals surface area contributed by atoms with Crippen molar-refractivity contribution in [1.29, 1.82) is 0 Å². The number of nitrogens with two attached hydrogens (primary N) is 1. The standard InChI is InChI=1S/C36H52N12O24P4/c1-5-38-35-43-30-22(31(53)44-35)45(2)15-48(30)32-23(50)16(7-9-63-3)17(68-32)10-66-74(57,58)71-76(61,62)72-75(59,60)67-12-19-27(26(64-4)34(70-19)47-14-41-21-28(37)39-13-40-29(21)47)73(55,56)65-11-18-24(51)25(52)33(69-18)46-8-6-20(49)42-36(46)54/h6,8,13-19,23-27,32-34,50-52H,5,7,9-12H2,1-4H3,(H8-,37,38,39,40,42,43,44,49,53,54,55,56,57,58,59,60,61,62)/t16-,17-,18-,19-,23-,24-,25-,26-,27-,32-,33-,34-/m1/s1. The highest BCUT2D eigenvalue weighted by atomic mass is 31.3. The zero-order chi connectivity index (χ0) is 55.2. The van der Waals surface area contributed by atoms with E-state index in [1.165, 1.54) is 29.6 Å². The highest BCUT2D eigenvalue weighted by molar-refractivity contribution is 7.66. The first-order valence-electron chi connectivity index (χ1n) is 22.5. The largest absolute Gasteiger partial charge is 0.778 e. The molecule has 11 N–H and O–H groups in total. The number of rotatable bonds is 23. The molecule has 3 saturated heterocycles. The number of phosphoric acid groups is 3. The third kappa shape index (κ3) is 12.0. The minimum atomic E-state index is -6.20. The third-order valence-electron chi connectivity index (χ3n) is 12.3. The molecule has 8 heterocycles. The third-order valence-corrected chi connectivity index (χ3v) is 18.4. The first-order chi connectivity index (χ1) is 35.8. The Kier molecular flexibility index (Phi) is 17.2. The molecule has 8 rings (SSSR count). The van der Waals surface area contributed by atoms with Gasteiger partial charge in [-0.3, -0.25) is 37.7 Å². The van der Waals surface area contributed by atoms with Crippen molar-refractivity contribution in [2.24, 2.45) is 13.0 Å². The van der Waals surface area contributed by atoms with Crippen molar-refractivity contribution >= 4 is 65.2 Å². The predicted molar refractivity (Wildman–Crippen MR) is 248 cm³/mol. The molecule has 420 valence electrons. The Hall–Kier alpha value is -4.58. The van der Waals surface area contributed by atoms with Crippen LogP contribution in [0, 0.1) is 5.92 Å². The molecular formula is C36H52N12O24P4. The zero-order valence-corrected chi connectivity index (χ0v) is 43.6. The van der Waals surface area contributed by atoms with Gasteiger partial charge in [0.25, 0.3) is 16.7 Å². The lowest BCUT2D eigenvalue weighted by molar-refractivity contribution is -0.646. The molecule has 0 radical (unpaired) electrons. The van der Waals surface area contributed by atoms with Crippen LogP contribution >= 0.6 is 31.1 Å². The molecule has 40 heteroatoms. The highest BCUT2D eigenvalue weighted by Gasteiger charge is 2.55. The van der Waals surface area contributed by atoms with Crippen molar-refractivity contribution in [3.63, 3.8) is 0 Å². The lowest BCUT2D eigenvalue weighted by atomic mass is 9.95. The first-order valence-corrected chi connectivity index (χ1v) is 28.6. The summed E-state index contributed by atoms with van der Waals surface area (Å²) in [5, 5.41) is 35.8. The van der Waals surface area contributed by atoms with E-state index in [2.05, 4.69) is 38.9 Å². The van der Waals surface area contributed by atoms with Crippen molar-refractivity contribution in [3.8, 4) is 0 Å². The van der Waals surface area contributed by atoms with Crippen molar-refractivity contribution in [2.45, 2.75) is 80.4 Å². The Morgan fingerprint density at radius 1 is 0.816 bits per heavy atom. The zero-order valence-electron chi connectivity index (χ0n) is 40.0. The van der Waals surface area contributed by atoms with Crippen LogP contribution < -0.4 is 37.3 Å². The molecule has 16 atom stereocenters. The number of methoxy groups -OCH3 is 2. The number of nitrogens with zero attached hydrogens (tertiary/aromatic N) is 8. The molecule has 0 amide bonds. The second kappa shape index (κ2) is 22.6. The molecule has 5 aromatic heterocycles. The number of imidazole rings is 2. The molecule has 5 aromatic rings. The number of aliphatic hydroxyl groups excluding tert-OH is 3. The maximum atomic E-state index is 14.2. The van der Waals surface area contributed by atoms with Crippen LogP contribution in [0.4, 0.5) is 11.8 Å². The van der Waals surface area contributed by atoms with Gasteiger partial charge in [0.2, 0.25) is 18.5 Å². The number of anilines is 2. The van der Waals surface area contributed by atoms with Crippen LogP contribution in [0.2, 0.25) is 0 Å². The van der Waals surface area contributed by atoms with Crippen molar-refractivity contribution < 1.29 is 104 Å². The molecule has 3 aliphatic rings. The van der Waals surface area contributed by atoms with E-state index in [0.717, 1.165) is 41.2 Å². The van der Waals surface area contributed by atoms with Gasteiger partial charge in [0, 0.05) is 45.6 Å². The summed E-state index contributed by atoms with van der Waals surface area (Å²) < 4.78 is 111. The van der Waals surface area contributed by atoms with Crippen LogP contribution in [0.25, 0.3) is 22.3 Å². The van der Waals surface area contributed by atoms with Gasteiger partial charge in [-0.05, 0) is 13.3 Å². The predicted octanol–water partition coefficient (Wildman–Crippen LogP) is -3.30. The molecular weight excluding hydrogens is 1110 g/mol. The lowest BCUT2D eigenvalue weighted by Gasteiger charge is -2.35. The Morgan fingerprint density at radius 3 is 2.12 bits per heavy atom. The summed E-state index contributed by atoms with van der Waals surface area (Å²) in [6.07, 6.45) is -11.6. The molecule has 3 aliphatic heterocycles. The summed E-state index contributed by atoms with van der Waals surface area (Å²) in [6, 6.07) is 0.920. The molecule has 0 saturated carbocycles. The molecule has 0 bridgehead atoms. The normalized spacial score (nSPS) is 30.1. The summed E-state index contributed by atoms with van der Waals surface area (Å²) in [7, 11) is -19.6. The van der Waals surface area contributed by atoms with Crippen LogP contribution in [0.15, 0.2) is 45.6 Å². The van der Waals surface area contributed by atoms with Gasteiger partial charge in [-0.1, -0.05) is 0 Å². The number of aryl methyl sites for hydroxylation is 1. The Labute approximate surface area is 425 Å². The number of H-pyrrole nitrogens is 2. The van der Waals surface area contributed by atoms with E-state index in [9.17, 15) is 67.5 Å².